The van der Waals surface area contributed by atoms with Gasteiger partial charge in [-0.3, -0.25) is 38.3 Å². The standard InChI is InChI=1S/C21H26FN5O6.Os/c1-23-13-9-24-7-6-15(13)32-33-21(31)25-8-11-2-3-12-10-27(20(30)17(12)18(11)22)14-4-5-16(28)26-19(14)29;/h2-3,9,13-15,20,23-24,30H,1,4-8,10H2,(H,25,31)(H,26,28,29);/q-2;+2/t13?,14?,15-,20?;/m0./s1. The number of carbonyl (C=O) groups is 3. The third-order valence-electron chi connectivity index (χ3n) is 6.06. The second kappa shape index (κ2) is 11.6. The monoisotopic (exact) mass is 655 g/mol. The number of benzene rings is 1. The van der Waals surface area contributed by atoms with Gasteiger partial charge in [0.15, 0.2) is 0 Å². The van der Waals surface area contributed by atoms with E-state index >= 15 is 4.39 Å². The summed E-state index contributed by atoms with van der Waals surface area (Å²) in [5.74, 6) is -1.55. The Balaban J connectivity index is 0.00000324. The van der Waals surface area contributed by atoms with Gasteiger partial charge in [0.25, 0.3) is 0 Å². The number of hydrogen-bond donors (Lipinski definition) is 5. The summed E-state index contributed by atoms with van der Waals surface area (Å²) in [6, 6.07) is 2.17. The molecule has 13 heteroatoms. The van der Waals surface area contributed by atoms with Gasteiger partial charge in [-0.25, -0.2) is 9.18 Å². The van der Waals surface area contributed by atoms with Crippen LogP contribution in [0.2, 0.25) is 0 Å². The van der Waals surface area contributed by atoms with Crippen molar-refractivity contribution in [1.29, 1.82) is 0 Å². The van der Waals surface area contributed by atoms with Crippen LogP contribution >= 0.6 is 0 Å². The first-order valence-corrected chi connectivity index (χ1v) is 10.7. The summed E-state index contributed by atoms with van der Waals surface area (Å²) in [5.41, 5.74) is 0.730. The molecule has 0 aromatic heterocycles. The predicted octanol–water partition coefficient (Wildman–Crippen LogP) is -0.134. The fraction of sp³-hybridized carbons (Fsp3) is 0.476. The van der Waals surface area contributed by atoms with E-state index in [0.717, 1.165) is 0 Å². The maximum Gasteiger partial charge on any atom is 2.00 e. The molecular weight excluding hydrogens is 627 g/mol. The molecule has 5 N–H and O–H groups in total. The van der Waals surface area contributed by atoms with Gasteiger partial charge in [0, 0.05) is 30.6 Å². The van der Waals surface area contributed by atoms with Crippen LogP contribution in [0, 0.1) is 19.4 Å². The van der Waals surface area contributed by atoms with E-state index in [0.29, 0.717) is 18.5 Å². The minimum atomic E-state index is -1.34. The molecule has 1 aromatic rings. The topological polar surface area (TPSA) is 141 Å². The number of hydrogen-bond acceptors (Lipinski definition) is 9. The first-order valence-electron chi connectivity index (χ1n) is 10.7. The molecule has 3 unspecified atom stereocenters. The van der Waals surface area contributed by atoms with Crippen molar-refractivity contribution >= 4 is 17.9 Å². The molecule has 3 aliphatic heterocycles. The maximum atomic E-state index is 15.2. The summed E-state index contributed by atoms with van der Waals surface area (Å²) in [5, 5.41) is 21.2. The number of fused-ring (bicyclic) bond motifs is 1. The Kier molecular flexibility index (Phi) is 9.09. The van der Waals surface area contributed by atoms with Gasteiger partial charge in [0.1, 0.15) is 12.0 Å². The summed E-state index contributed by atoms with van der Waals surface area (Å²) in [4.78, 5) is 47.0. The number of aliphatic hydroxyl groups excluding tert-OH is 1. The van der Waals surface area contributed by atoms with E-state index in [1.54, 1.807) is 12.6 Å². The van der Waals surface area contributed by atoms with E-state index in [9.17, 15) is 19.5 Å². The van der Waals surface area contributed by atoms with E-state index in [-0.39, 0.29) is 68.8 Å². The van der Waals surface area contributed by atoms with Crippen molar-refractivity contribution in [3.05, 3.63) is 48.2 Å². The molecule has 2 fully saturated rings. The zero-order valence-corrected chi connectivity index (χ0v) is 20.7. The van der Waals surface area contributed by atoms with E-state index < -0.39 is 36.2 Å². The van der Waals surface area contributed by atoms with Crippen molar-refractivity contribution in [2.45, 2.75) is 56.8 Å². The second-order valence-electron chi connectivity index (χ2n) is 8.12. The van der Waals surface area contributed by atoms with Gasteiger partial charge in [0.05, 0.1) is 12.1 Å². The molecule has 34 heavy (non-hydrogen) atoms. The maximum absolute atomic E-state index is 15.2. The third kappa shape index (κ3) is 5.62. The summed E-state index contributed by atoms with van der Waals surface area (Å²) in [7, 11) is 3.59. The number of rotatable bonds is 6. The third-order valence-corrected chi connectivity index (χ3v) is 6.06. The van der Waals surface area contributed by atoms with Gasteiger partial charge in [-0.2, -0.15) is 4.89 Å². The van der Waals surface area contributed by atoms with Gasteiger partial charge in [-0.1, -0.05) is 12.1 Å². The van der Waals surface area contributed by atoms with E-state index in [4.69, 9.17) is 9.78 Å². The number of piperidine rings is 2. The molecule has 3 heterocycles. The number of carbonyl (C=O) groups excluding carboxylic acids is 3. The summed E-state index contributed by atoms with van der Waals surface area (Å²) in [6.07, 6.45) is -1.66. The van der Waals surface area contributed by atoms with Gasteiger partial charge in [-0.15, -0.1) is 6.04 Å². The Labute approximate surface area is 209 Å². The Hall–Kier alpha value is -2.00. The Morgan fingerprint density at radius 2 is 2.15 bits per heavy atom. The van der Waals surface area contributed by atoms with Gasteiger partial charge in [-0.05, 0) is 24.9 Å². The van der Waals surface area contributed by atoms with Crippen molar-refractivity contribution < 1.29 is 53.4 Å². The predicted molar refractivity (Wildman–Crippen MR) is 110 cm³/mol. The van der Waals surface area contributed by atoms with Crippen LogP contribution in [0.1, 0.15) is 42.2 Å². The molecule has 0 radical (unpaired) electrons. The first-order chi connectivity index (χ1) is 15.9. The van der Waals surface area contributed by atoms with Gasteiger partial charge < -0.3 is 21.1 Å². The molecule has 11 nitrogen and oxygen atoms in total. The Morgan fingerprint density at radius 3 is 2.88 bits per heavy atom. The van der Waals surface area contributed by atoms with E-state index in [1.165, 1.54) is 11.0 Å². The van der Waals surface area contributed by atoms with Crippen LogP contribution in [0.5, 0.6) is 0 Å². The Morgan fingerprint density at radius 1 is 1.35 bits per heavy atom. The zero-order valence-electron chi connectivity index (χ0n) is 18.2. The molecule has 0 aliphatic carbocycles. The molecule has 0 spiro atoms. The molecule has 1 aromatic carbocycles. The fourth-order valence-electron chi connectivity index (χ4n) is 4.28. The van der Waals surface area contributed by atoms with Crippen LogP contribution in [0.4, 0.5) is 9.18 Å². The van der Waals surface area contributed by atoms with Gasteiger partial charge >= 0.3 is 25.9 Å². The Bertz CT molecular complexity index is 937. The average molecular weight is 654 g/mol. The number of halogens is 1. The normalized spacial score (nSPS) is 26.9. The molecule has 3 amide bonds. The van der Waals surface area contributed by atoms with Crippen molar-refractivity contribution in [2.24, 2.45) is 0 Å². The average Bonchev–Trinajstić information content (AvgIpc) is 3.14. The number of imide groups is 1. The van der Waals surface area contributed by atoms with Crippen molar-refractivity contribution in [3.63, 3.8) is 0 Å². The van der Waals surface area contributed by atoms with Crippen LogP contribution < -0.4 is 21.3 Å². The van der Waals surface area contributed by atoms with E-state index in [1.807, 2.05) is 0 Å². The fourth-order valence-corrected chi connectivity index (χ4v) is 4.28. The summed E-state index contributed by atoms with van der Waals surface area (Å²) < 4.78 is 15.2. The molecule has 3 aliphatic rings. The SMILES string of the molecule is [CH2-]NC1[CH-]NCC[C@@H]1OOC(=O)NCc1ccc2c(c1F)C(O)N(C1CCC(=O)NC1=O)C2.[Os+2]. The molecule has 186 valence electrons. The first kappa shape index (κ1) is 26.6. The smallest absolute Gasteiger partial charge is 0.492 e. The number of nitrogens with zero attached hydrogens (tertiary/aromatic N) is 1. The number of amides is 3. The minimum absolute atomic E-state index is 0. The van der Waals surface area contributed by atoms with Crippen LogP contribution in [0.15, 0.2) is 12.1 Å². The quantitative estimate of drug-likeness (QED) is 0.123. The van der Waals surface area contributed by atoms with Crippen LogP contribution in [0.3, 0.4) is 0 Å². The second-order valence-corrected chi connectivity index (χ2v) is 8.12. The summed E-state index contributed by atoms with van der Waals surface area (Å²) in [6.45, 7) is 2.39. The van der Waals surface area contributed by atoms with E-state index in [2.05, 4.69) is 28.3 Å². The van der Waals surface area contributed by atoms with Crippen LogP contribution in [0.25, 0.3) is 0 Å². The van der Waals surface area contributed by atoms with Crippen LogP contribution in [-0.4, -0.2) is 52.6 Å². The molecule has 4 atom stereocenters. The van der Waals surface area contributed by atoms with Crippen LogP contribution in [-0.2, 0) is 52.2 Å². The largest absolute Gasteiger partial charge is 2.00 e. The molecule has 0 bridgehead atoms. The van der Waals surface area contributed by atoms with Crippen molar-refractivity contribution in [2.75, 3.05) is 6.54 Å². The minimum Gasteiger partial charge on any atom is -0.492 e. The van der Waals surface area contributed by atoms with Gasteiger partial charge in [0.2, 0.25) is 11.8 Å². The molecule has 0 saturated carbocycles. The van der Waals surface area contributed by atoms with Crippen molar-refractivity contribution in [3.8, 4) is 0 Å². The summed E-state index contributed by atoms with van der Waals surface area (Å²) >= 11 is 0. The molecular formula is C21H26FN5O6Os. The molecule has 2 saturated heterocycles. The number of nitrogens with one attached hydrogen (secondary N) is 4. The number of aliphatic hydroxyl groups is 1. The zero-order chi connectivity index (χ0) is 23.5. The molecule has 4 rings (SSSR count). The van der Waals surface area contributed by atoms with Crippen molar-refractivity contribution in [1.82, 2.24) is 26.2 Å².